The Morgan fingerprint density at radius 2 is 2.04 bits per heavy atom. The zero-order valence-corrected chi connectivity index (χ0v) is 16.7. The van der Waals surface area contributed by atoms with Gasteiger partial charge in [0, 0.05) is 17.2 Å². The predicted octanol–water partition coefficient (Wildman–Crippen LogP) is 5.02. The van der Waals surface area contributed by atoms with Gasteiger partial charge in [-0.05, 0) is 63.0 Å². The summed E-state index contributed by atoms with van der Waals surface area (Å²) in [4.78, 5) is 21.7. The summed E-state index contributed by atoms with van der Waals surface area (Å²) in [7, 11) is 0. The van der Waals surface area contributed by atoms with Crippen LogP contribution in [0.3, 0.4) is 0 Å². The first-order valence-corrected chi connectivity index (χ1v) is 10.3. The van der Waals surface area contributed by atoms with Gasteiger partial charge in [0.1, 0.15) is 10.7 Å². The van der Waals surface area contributed by atoms with Gasteiger partial charge in [-0.25, -0.2) is 9.97 Å². The molecule has 4 rings (SSSR count). The lowest BCUT2D eigenvalue weighted by atomic mass is 9.80. The highest BCUT2D eigenvalue weighted by Gasteiger charge is 2.30. The van der Waals surface area contributed by atoms with Gasteiger partial charge in [-0.3, -0.25) is 14.7 Å². The Labute approximate surface area is 164 Å². The molecule has 0 aliphatic heterocycles. The van der Waals surface area contributed by atoms with Crippen LogP contribution in [-0.2, 0) is 4.79 Å². The minimum Gasteiger partial charge on any atom is -0.296 e. The number of imidazole rings is 1. The Morgan fingerprint density at radius 3 is 2.69 bits per heavy atom. The van der Waals surface area contributed by atoms with Gasteiger partial charge in [0.25, 0.3) is 0 Å². The molecule has 0 spiro atoms. The zero-order valence-electron chi connectivity index (χ0n) is 15.0. The van der Waals surface area contributed by atoms with Gasteiger partial charge in [-0.2, -0.15) is 12.6 Å². The van der Waals surface area contributed by atoms with Crippen molar-refractivity contribution in [1.82, 2.24) is 14.5 Å². The summed E-state index contributed by atoms with van der Waals surface area (Å²) in [6.45, 7) is 2.19. The molecule has 140 valence electrons. The van der Waals surface area contributed by atoms with Crippen LogP contribution >= 0.6 is 24.2 Å². The third-order valence-electron chi connectivity index (χ3n) is 5.85. The highest BCUT2D eigenvalue weighted by atomic mass is 35.5. The summed E-state index contributed by atoms with van der Waals surface area (Å²) in [6.07, 6.45) is 8.17. The van der Waals surface area contributed by atoms with Crippen molar-refractivity contribution in [3.8, 4) is 0 Å². The smallest absolute Gasteiger partial charge is 0.226 e. The second-order valence-electron chi connectivity index (χ2n) is 8.06. The van der Waals surface area contributed by atoms with Crippen molar-refractivity contribution in [3.63, 3.8) is 0 Å². The van der Waals surface area contributed by atoms with Gasteiger partial charge in [-0.1, -0.05) is 18.5 Å². The standard InChI is InChI=1S/C19H25ClN4OS/c1-19(26)9-7-12(8-10-19)11-16(25)23-18-21-14-5-6-15(20)22-17(14)24(18)13-3-2-4-13/h5-6,12-13,26H,2-4,7-11H2,1H3,(H,21,23,25). The predicted molar refractivity (Wildman–Crippen MR) is 108 cm³/mol. The van der Waals surface area contributed by atoms with Gasteiger partial charge in [0.05, 0.1) is 0 Å². The number of hydrogen-bond donors (Lipinski definition) is 2. The van der Waals surface area contributed by atoms with Crippen LogP contribution < -0.4 is 5.32 Å². The molecule has 2 heterocycles. The van der Waals surface area contributed by atoms with Gasteiger partial charge in [0.2, 0.25) is 11.9 Å². The fourth-order valence-corrected chi connectivity index (χ4v) is 4.37. The Kier molecular flexibility index (Phi) is 4.90. The van der Waals surface area contributed by atoms with Crippen LogP contribution in [0.2, 0.25) is 5.15 Å². The van der Waals surface area contributed by atoms with Crippen LogP contribution in [0, 0.1) is 5.92 Å². The molecule has 2 aliphatic rings. The molecule has 2 aromatic rings. The maximum absolute atomic E-state index is 12.6. The molecule has 0 unspecified atom stereocenters. The number of thiol groups is 1. The number of nitrogens with zero attached hydrogens (tertiary/aromatic N) is 3. The summed E-state index contributed by atoms with van der Waals surface area (Å²) in [5.74, 6) is 1.09. The molecule has 2 aromatic heterocycles. The summed E-state index contributed by atoms with van der Waals surface area (Å²) in [5.41, 5.74) is 1.54. The van der Waals surface area contributed by atoms with Crippen molar-refractivity contribution in [1.29, 1.82) is 0 Å². The number of hydrogen-bond acceptors (Lipinski definition) is 4. The SMILES string of the molecule is CC1(S)CCC(CC(=O)Nc2nc3ccc(Cl)nc3n2C2CCC2)CC1. The number of anilines is 1. The third-order valence-corrected chi connectivity index (χ3v) is 6.51. The van der Waals surface area contributed by atoms with Crippen LogP contribution in [-0.4, -0.2) is 25.2 Å². The summed E-state index contributed by atoms with van der Waals surface area (Å²) < 4.78 is 2.18. The molecule has 26 heavy (non-hydrogen) atoms. The zero-order chi connectivity index (χ0) is 18.3. The van der Waals surface area contributed by atoms with Crippen molar-refractivity contribution in [2.75, 3.05) is 5.32 Å². The molecule has 0 aromatic carbocycles. The maximum atomic E-state index is 12.6. The average molecular weight is 393 g/mol. The molecule has 0 saturated heterocycles. The fourth-order valence-electron chi connectivity index (χ4n) is 3.97. The van der Waals surface area contributed by atoms with E-state index in [1.165, 1.54) is 6.42 Å². The van der Waals surface area contributed by atoms with Crippen LogP contribution in [0.15, 0.2) is 12.1 Å². The summed E-state index contributed by atoms with van der Waals surface area (Å²) >= 11 is 10.8. The van der Waals surface area contributed by atoms with Crippen molar-refractivity contribution in [2.45, 2.75) is 69.1 Å². The van der Waals surface area contributed by atoms with Crippen molar-refractivity contribution < 1.29 is 4.79 Å². The van der Waals surface area contributed by atoms with E-state index in [0.717, 1.165) is 49.7 Å². The first kappa shape index (κ1) is 18.1. The minimum absolute atomic E-state index is 0.0414. The topological polar surface area (TPSA) is 59.8 Å². The monoisotopic (exact) mass is 392 g/mol. The Morgan fingerprint density at radius 1 is 1.31 bits per heavy atom. The maximum Gasteiger partial charge on any atom is 0.226 e. The highest BCUT2D eigenvalue weighted by molar-refractivity contribution is 7.81. The van der Waals surface area contributed by atoms with Crippen LogP contribution in [0.25, 0.3) is 11.2 Å². The fraction of sp³-hybridized carbons (Fsp3) is 0.632. The minimum atomic E-state index is 0.0414. The number of nitrogens with one attached hydrogen (secondary N) is 1. The van der Waals surface area contributed by atoms with E-state index < -0.39 is 0 Å². The van der Waals surface area contributed by atoms with Gasteiger partial charge < -0.3 is 0 Å². The van der Waals surface area contributed by atoms with E-state index in [0.29, 0.717) is 29.5 Å². The number of halogens is 1. The highest BCUT2D eigenvalue weighted by Crippen LogP contribution is 2.39. The molecular weight excluding hydrogens is 368 g/mol. The van der Waals surface area contributed by atoms with E-state index in [-0.39, 0.29) is 10.7 Å². The van der Waals surface area contributed by atoms with Crippen molar-refractivity contribution >= 4 is 47.2 Å². The number of fused-ring (bicyclic) bond motifs is 1. The van der Waals surface area contributed by atoms with E-state index in [2.05, 4.69) is 39.4 Å². The molecule has 1 amide bonds. The normalized spacial score (nSPS) is 26.7. The quantitative estimate of drug-likeness (QED) is 0.567. The second-order valence-corrected chi connectivity index (χ2v) is 9.53. The molecule has 2 aliphatic carbocycles. The van der Waals surface area contributed by atoms with Crippen molar-refractivity contribution in [3.05, 3.63) is 17.3 Å². The first-order chi connectivity index (χ1) is 12.4. The van der Waals surface area contributed by atoms with Crippen molar-refractivity contribution in [2.24, 2.45) is 5.92 Å². The second kappa shape index (κ2) is 7.04. The number of amides is 1. The van der Waals surface area contributed by atoms with E-state index >= 15 is 0 Å². The summed E-state index contributed by atoms with van der Waals surface area (Å²) in [5, 5.41) is 3.50. The molecule has 1 N–H and O–H groups in total. The van der Waals surface area contributed by atoms with E-state index in [1.54, 1.807) is 6.07 Å². The Balaban J connectivity index is 1.50. The Bertz CT molecular complexity index is 820. The van der Waals surface area contributed by atoms with E-state index in [4.69, 9.17) is 11.6 Å². The molecule has 5 nitrogen and oxygen atoms in total. The van der Waals surface area contributed by atoms with E-state index in [1.807, 2.05) is 6.07 Å². The first-order valence-electron chi connectivity index (χ1n) is 9.48. The largest absolute Gasteiger partial charge is 0.296 e. The molecular formula is C19H25ClN4OS. The van der Waals surface area contributed by atoms with E-state index in [9.17, 15) is 4.79 Å². The van der Waals surface area contributed by atoms with Crippen LogP contribution in [0.4, 0.5) is 5.95 Å². The van der Waals surface area contributed by atoms with Gasteiger partial charge in [-0.15, -0.1) is 0 Å². The lowest BCUT2D eigenvalue weighted by Gasteiger charge is -2.33. The lowest BCUT2D eigenvalue weighted by molar-refractivity contribution is -0.117. The molecule has 0 radical (unpaired) electrons. The number of carbonyl (C=O) groups is 1. The molecule has 7 heteroatoms. The molecule has 2 saturated carbocycles. The molecule has 0 atom stereocenters. The molecule has 0 bridgehead atoms. The molecule has 2 fully saturated rings. The number of aromatic nitrogens is 3. The Hall–Kier alpha value is -1.27. The number of pyridine rings is 1. The number of carbonyl (C=O) groups excluding carboxylic acids is 1. The van der Waals surface area contributed by atoms with Crippen LogP contribution in [0.5, 0.6) is 0 Å². The summed E-state index contributed by atoms with van der Waals surface area (Å²) in [6, 6.07) is 3.95. The third kappa shape index (κ3) is 3.72. The van der Waals surface area contributed by atoms with Gasteiger partial charge >= 0.3 is 0 Å². The average Bonchev–Trinajstić information content (AvgIpc) is 2.85. The number of rotatable bonds is 4. The van der Waals surface area contributed by atoms with Gasteiger partial charge in [0.15, 0.2) is 5.65 Å². The van der Waals surface area contributed by atoms with Crippen LogP contribution in [0.1, 0.15) is 64.3 Å². The lowest BCUT2D eigenvalue weighted by Crippen LogP contribution is -2.28.